The molecule has 2 aromatic carbocycles. The summed E-state index contributed by atoms with van der Waals surface area (Å²) in [5.74, 6) is -0.343. The molecule has 0 heterocycles. The molecule has 134 valence electrons. The number of rotatable bonds is 6. The van der Waals surface area contributed by atoms with E-state index in [0.717, 1.165) is 11.1 Å². The summed E-state index contributed by atoms with van der Waals surface area (Å²) in [6.45, 7) is 4.46. The summed E-state index contributed by atoms with van der Waals surface area (Å²) in [6.07, 6.45) is 0. The molecule has 0 aliphatic heterocycles. The molecule has 0 saturated heterocycles. The number of sulfone groups is 1. The van der Waals surface area contributed by atoms with Gasteiger partial charge in [0.15, 0.2) is 9.84 Å². The number of hydrogen-bond acceptors (Lipinski definition) is 4. The van der Waals surface area contributed by atoms with Crippen molar-refractivity contribution in [3.63, 3.8) is 0 Å². The maximum atomic E-state index is 13.2. The highest BCUT2D eigenvalue weighted by Gasteiger charge is 2.69. The quantitative estimate of drug-likeness (QED) is 0.835. The lowest BCUT2D eigenvalue weighted by molar-refractivity contribution is 0.125. The van der Waals surface area contributed by atoms with E-state index in [4.69, 9.17) is 22.1 Å². The van der Waals surface area contributed by atoms with Crippen LogP contribution in [0.4, 0.5) is 0 Å². The van der Waals surface area contributed by atoms with Gasteiger partial charge in [-0.1, -0.05) is 41.4 Å². The van der Waals surface area contributed by atoms with Crippen LogP contribution in [0, 0.1) is 6.92 Å². The van der Waals surface area contributed by atoms with E-state index in [0.29, 0.717) is 16.5 Å². The molecule has 0 radical (unpaired) electrons. The van der Waals surface area contributed by atoms with Crippen LogP contribution in [0.2, 0.25) is 5.02 Å². The van der Waals surface area contributed by atoms with Crippen molar-refractivity contribution in [1.29, 1.82) is 0 Å². The second kappa shape index (κ2) is 6.72. The first-order valence-electron chi connectivity index (χ1n) is 8.23. The Hall–Kier alpha value is -1.40. The minimum atomic E-state index is -3.58. The van der Waals surface area contributed by atoms with Crippen LogP contribution in [0.25, 0.3) is 0 Å². The molecule has 1 aliphatic rings. The topological polar surface area (TPSA) is 69.4 Å². The molecule has 2 N–H and O–H groups in total. The molecule has 1 fully saturated rings. The zero-order chi connectivity index (χ0) is 18.2. The van der Waals surface area contributed by atoms with Gasteiger partial charge in [-0.2, -0.15) is 0 Å². The highest BCUT2D eigenvalue weighted by atomic mass is 35.5. The van der Waals surface area contributed by atoms with Crippen LogP contribution in [0.15, 0.2) is 53.4 Å². The van der Waals surface area contributed by atoms with Gasteiger partial charge in [0.05, 0.1) is 22.3 Å². The minimum absolute atomic E-state index is 0.191. The van der Waals surface area contributed by atoms with Crippen molar-refractivity contribution in [2.75, 3.05) is 13.2 Å². The summed E-state index contributed by atoms with van der Waals surface area (Å²) < 4.78 is 31.9. The fraction of sp³-hybridized carbons (Fsp3) is 0.368. The molecule has 6 heteroatoms. The van der Waals surface area contributed by atoms with E-state index < -0.39 is 20.6 Å². The van der Waals surface area contributed by atoms with Gasteiger partial charge in [-0.05, 0) is 43.7 Å². The normalized spacial score (nSPS) is 25.8. The molecule has 0 spiro atoms. The van der Waals surface area contributed by atoms with Gasteiger partial charge < -0.3 is 10.5 Å². The van der Waals surface area contributed by atoms with Crippen LogP contribution in [-0.4, -0.2) is 32.4 Å². The smallest absolute Gasteiger partial charge is 0.183 e. The van der Waals surface area contributed by atoms with Gasteiger partial charge >= 0.3 is 0 Å². The number of nitrogens with two attached hydrogens (primary N) is 1. The second-order valence-corrected chi connectivity index (χ2v) is 9.07. The number of ether oxygens (including phenoxy) is 1. The Morgan fingerprint density at radius 2 is 1.88 bits per heavy atom. The third-order valence-electron chi connectivity index (χ3n) is 4.75. The zero-order valence-electron chi connectivity index (χ0n) is 14.3. The Kier molecular flexibility index (Phi) is 4.95. The SMILES string of the molecule is CCOCC1(N)C(c2cccc(Cl)c2)C1S(=O)(=O)c1ccc(C)cc1. The molecule has 0 amide bonds. The van der Waals surface area contributed by atoms with Crippen molar-refractivity contribution in [3.8, 4) is 0 Å². The van der Waals surface area contributed by atoms with Crippen LogP contribution in [0.1, 0.15) is 24.0 Å². The molecule has 25 heavy (non-hydrogen) atoms. The van der Waals surface area contributed by atoms with E-state index in [2.05, 4.69) is 0 Å². The third-order valence-corrected chi connectivity index (χ3v) is 7.29. The lowest BCUT2D eigenvalue weighted by Crippen LogP contribution is -2.36. The molecule has 1 aliphatic carbocycles. The number of halogens is 1. The van der Waals surface area contributed by atoms with Gasteiger partial charge in [0.2, 0.25) is 0 Å². The molecule has 1 saturated carbocycles. The molecule has 2 aromatic rings. The summed E-state index contributed by atoms with van der Waals surface area (Å²) in [5.41, 5.74) is 7.39. The van der Waals surface area contributed by atoms with E-state index in [1.54, 1.807) is 36.4 Å². The summed E-state index contributed by atoms with van der Waals surface area (Å²) in [4.78, 5) is 0.291. The Morgan fingerprint density at radius 3 is 2.48 bits per heavy atom. The second-order valence-electron chi connectivity index (χ2n) is 6.56. The fourth-order valence-electron chi connectivity index (χ4n) is 3.40. The highest BCUT2D eigenvalue weighted by molar-refractivity contribution is 7.92. The van der Waals surface area contributed by atoms with Gasteiger partial charge in [-0.3, -0.25) is 0 Å². The minimum Gasteiger partial charge on any atom is -0.380 e. The van der Waals surface area contributed by atoms with E-state index in [1.807, 2.05) is 26.0 Å². The highest BCUT2D eigenvalue weighted by Crippen LogP contribution is 2.56. The molecule has 4 nitrogen and oxygen atoms in total. The third kappa shape index (κ3) is 3.34. The van der Waals surface area contributed by atoms with E-state index in [-0.39, 0.29) is 12.5 Å². The van der Waals surface area contributed by atoms with Crippen LogP contribution in [-0.2, 0) is 14.6 Å². The Morgan fingerprint density at radius 1 is 1.20 bits per heavy atom. The van der Waals surface area contributed by atoms with Gasteiger partial charge in [0.25, 0.3) is 0 Å². The van der Waals surface area contributed by atoms with E-state index >= 15 is 0 Å². The fourth-order valence-corrected chi connectivity index (χ4v) is 5.89. The first-order valence-corrected chi connectivity index (χ1v) is 10.2. The predicted molar refractivity (Wildman–Crippen MR) is 99.8 cm³/mol. The molecular formula is C19H22ClNO3S. The van der Waals surface area contributed by atoms with Crippen LogP contribution >= 0.6 is 11.6 Å². The van der Waals surface area contributed by atoms with Crippen molar-refractivity contribution < 1.29 is 13.2 Å². The Balaban J connectivity index is 2.01. The van der Waals surface area contributed by atoms with Crippen molar-refractivity contribution in [2.45, 2.75) is 35.4 Å². The van der Waals surface area contributed by atoms with Crippen molar-refractivity contribution in [3.05, 3.63) is 64.7 Å². The lowest BCUT2D eigenvalue weighted by atomic mass is 10.1. The molecular weight excluding hydrogens is 358 g/mol. The number of benzene rings is 2. The average molecular weight is 380 g/mol. The van der Waals surface area contributed by atoms with Gasteiger partial charge in [-0.25, -0.2) is 8.42 Å². The van der Waals surface area contributed by atoms with Crippen LogP contribution in [0.3, 0.4) is 0 Å². The lowest BCUT2D eigenvalue weighted by Gasteiger charge is -2.12. The summed E-state index contributed by atoms with van der Waals surface area (Å²) >= 11 is 6.09. The molecule has 3 atom stereocenters. The summed E-state index contributed by atoms with van der Waals surface area (Å²) in [5, 5.41) is -0.164. The van der Waals surface area contributed by atoms with E-state index in [9.17, 15) is 8.42 Å². The van der Waals surface area contributed by atoms with Gasteiger partial charge in [-0.15, -0.1) is 0 Å². The van der Waals surface area contributed by atoms with E-state index in [1.165, 1.54) is 0 Å². The first-order chi connectivity index (χ1) is 11.8. The number of hydrogen-bond donors (Lipinski definition) is 1. The van der Waals surface area contributed by atoms with Crippen molar-refractivity contribution >= 4 is 21.4 Å². The maximum absolute atomic E-state index is 13.2. The standard InChI is InChI=1S/C19H22ClNO3S/c1-3-24-12-19(21)17(14-5-4-6-15(20)11-14)18(19)25(22,23)16-9-7-13(2)8-10-16/h4-11,17-18H,3,12,21H2,1-2H3. The molecule has 3 rings (SSSR count). The zero-order valence-corrected chi connectivity index (χ0v) is 15.8. The van der Waals surface area contributed by atoms with Gasteiger partial charge in [0.1, 0.15) is 0 Å². The average Bonchev–Trinajstić information content (AvgIpc) is 3.20. The summed E-state index contributed by atoms with van der Waals surface area (Å²) in [7, 11) is -3.58. The maximum Gasteiger partial charge on any atom is 0.183 e. The first kappa shape index (κ1) is 18.4. The Labute approximate surface area is 153 Å². The Bertz CT molecular complexity index is 866. The van der Waals surface area contributed by atoms with Crippen molar-refractivity contribution in [2.24, 2.45) is 5.73 Å². The van der Waals surface area contributed by atoms with Crippen LogP contribution < -0.4 is 5.73 Å². The van der Waals surface area contributed by atoms with Crippen LogP contribution in [0.5, 0.6) is 0 Å². The summed E-state index contributed by atoms with van der Waals surface area (Å²) in [6, 6.07) is 14.1. The monoisotopic (exact) mass is 379 g/mol. The largest absolute Gasteiger partial charge is 0.380 e. The molecule has 0 bridgehead atoms. The van der Waals surface area contributed by atoms with Crippen molar-refractivity contribution in [1.82, 2.24) is 0 Å². The molecule has 3 unspecified atom stereocenters. The predicted octanol–water partition coefficient (Wildman–Crippen LogP) is 3.32. The van der Waals surface area contributed by atoms with Gasteiger partial charge in [0, 0.05) is 17.5 Å². The molecule has 0 aromatic heterocycles. The number of aryl methyl sites for hydroxylation is 1.